The van der Waals surface area contributed by atoms with Gasteiger partial charge in [0, 0.05) is 18.7 Å². The second-order valence-electron chi connectivity index (χ2n) is 5.52. The van der Waals surface area contributed by atoms with Crippen molar-refractivity contribution in [3.05, 3.63) is 35.4 Å². The fourth-order valence-corrected chi connectivity index (χ4v) is 2.79. The molecule has 2 rings (SSSR count). The predicted molar refractivity (Wildman–Crippen MR) is 71.6 cm³/mol. The first-order chi connectivity index (χ1) is 9.82. The predicted octanol–water partition coefficient (Wildman–Crippen LogP) is 2.25. The molecule has 4 nitrogen and oxygen atoms in total. The van der Waals surface area contributed by atoms with E-state index < -0.39 is 35.3 Å². The number of halogens is 2. The normalized spacial score (nSPS) is 23.1. The van der Waals surface area contributed by atoms with Crippen LogP contribution in [0.25, 0.3) is 0 Å². The fraction of sp³-hybridized carbons (Fsp3) is 0.467. The van der Waals surface area contributed by atoms with Crippen molar-refractivity contribution in [2.75, 3.05) is 13.1 Å². The third-order valence-electron chi connectivity index (χ3n) is 4.04. The monoisotopic (exact) mass is 297 g/mol. The van der Waals surface area contributed by atoms with Crippen molar-refractivity contribution in [2.24, 2.45) is 11.8 Å². The Bertz CT molecular complexity index is 556. The van der Waals surface area contributed by atoms with Crippen molar-refractivity contribution in [3.63, 3.8) is 0 Å². The third kappa shape index (κ3) is 2.89. The Labute approximate surface area is 121 Å². The topological polar surface area (TPSA) is 57.6 Å². The van der Waals surface area contributed by atoms with Crippen LogP contribution >= 0.6 is 0 Å². The van der Waals surface area contributed by atoms with Crippen LogP contribution in [0.3, 0.4) is 0 Å². The SMILES string of the molecule is CC(C(=O)N1C[C@@H](C)[C@H](C(=O)O)C1)c1c(F)cccc1F. The van der Waals surface area contributed by atoms with Gasteiger partial charge in [0.1, 0.15) is 11.6 Å². The molecule has 21 heavy (non-hydrogen) atoms. The fourth-order valence-electron chi connectivity index (χ4n) is 2.79. The van der Waals surface area contributed by atoms with Crippen molar-refractivity contribution >= 4 is 11.9 Å². The standard InChI is InChI=1S/C15H17F2NO3/c1-8-6-18(7-10(8)15(20)21)14(19)9(2)13-11(16)4-3-5-12(13)17/h3-5,8-10H,6-7H2,1-2H3,(H,20,21)/t8-,9?,10-/m1/s1. The number of carbonyl (C=O) groups excluding carboxylic acids is 1. The van der Waals surface area contributed by atoms with E-state index in [2.05, 4.69) is 0 Å². The van der Waals surface area contributed by atoms with Crippen LogP contribution in [0.4, 0.5) is 8.78 Å². The molecule has 1 heterocycles. The first-order valence-electron chi connectivity index (χ1n) is 6.78. The van der Waals surface area contributed by atoms with Gasteiger partial charge in [-0.3, -0.25) is 9.59 Å². The molecule has 1 aliphatic rings. The highest BCUT2D eigenvalue weighted by Gasteiger charge is 2.39. The summed E-state index contributed by atoms with van der Waals surface area (Å²) in [4.78, 5) is 24.8. The summed E-state index contributed by atoms with van der Waals surface area (Å²) in [5, 5.41) is 9.07. The van der Waals surface area contributed by atoms with Crippen LogP contribution in [-0.4, -0.2) is 35.0 Å². The Morgan fingerprint density at radius 2 is 1.86 bits per heavy atom. The largest absolute Gasteiger partial charge is 0.481 e. The molecule has 1 aliphatic heterocycles. The zero-order chi connectivity index (χ0) is 15.7. The van der Waals surface area contributed by atoms with Gasteiger partial charge in [-0.1, -0.05) is 13.0 Å². The number of carboxylic acid groups (broad SMARTS) is 1. The van der Waals surface area contributed by atoms with Gasteiger partial charge in [0.2, 0.25) is 5.91 Å². The smallest absolute Gasteiger partial charge is 0.308 e. The molecule has 1 N–H and O–H groups in total. The zero-order valence-electron chi connectivity index (χ0n) is 11.8. The van der Waals surface area contributed by atoms with Gasteiger partial charge in [0.15, 0.2) is 0 Å². The summed E-state index contributed by atoms with van der Waals surface area (Å²) in [5.74, 6) is -4.73. The van der Waals surface area contributed by atoms with Gasteiger partial charge >= 0.3 is 5.97 Å². The molecule has 0 aliphatic carbocycles. The zero-order valence-corrected chi connectivity index (χ0v) is 11.8. The van der Waals surface area contributed by atoms with Gasteiger partial charge in [-0.2, -0.15) is 0 Å². The molecule has 0 radical (unpaired) electrons. The maximum Gasteiger partial charge on any atom is 0.308 e. The lowest BCUT2D eigenvalue weighted by atomic mass is 9.98. The number of rotatable bonds is 3. The lowest BCUT2D eigenvalue weighted by molar-refractivity contribution is -0.142. The van der Waals surface area contributed by atoms with Crippen molar-refractivity contribution in [3.8, 4) is 0 Å². The average molecular weight is 297 g/mol. The van der Waals surface area contributed by atoms with Crippen LogP contribution in [0, 0.1) is 23.5 Å². The van der Waals surface area contributed by atoms with E-state index in [4.69, 9.17) is 5.11 Å². The molecule has 1 aromatic carbocycles. The van der Waals surface area contributed by atoms with Gasteiger partial charge in [-0.05, 0) is 25.0 Å². The van der Waals surface area contributed by atoms with Gasteiger partial charge in [-0.15, -0.1) is 0 Å². The van der Waals surface area contributed by atoms with Crippen molar-refractivity contribution in [2.45, 2.75) is 19.8 Å². The summed E-state index contributed by atoms with van der Waals surface area (Å²) >= 11 is 0. The maximum absolute atomic E-state index is 13.7. The van der Waals surface area contributed by atoms with Crippen molar-refractivity contribution in [1.82, 2.24) is 4.90 Å². The Balaban J connectivity index is 2.19. The highest BCUT2D eigenvalue weighted by atomic mass is 19.1. The Kier molecular flexibility index (Phi) is 4.25. The molecule has 0 spiro atoms. The molecule has 1 aromatic rings. The molecule has 1 fully saturated rings. The highest BCUT2D eigenvalue weighted by Crippen LogP contribution is 2.29. The van der Waals surface area contributed by atoms with E-state index in [-0.39, 0.29) is 24.6 Å². The summed E-state index contributed by atoms with van der Waals surface area (Å²) in [5.41, 5.74) is -0.270. The Hall–Kier alpha value is -1.98. The van der Waals surface area contributed by atoms with Crippen molar-refractivity contribution < 1.29 is 23.5 Å². The lowest BCUT2D eigenvalue weighted by Crippen LogP contribution is -2.33. The van der Waals surface area contributed by atoms with E-state index >= 15 is 0 Å². The molecule has 114 valence electrons. The molecule has 3 atom stereocenters. The second kappa shape index (κ2) is 5.79. The minimum atomic E-state index is -0.981. The minimum Gasteiger partial charge on any atom is -0.481 e. The maximum atomic E-state index is 13.7. The molecule has 1 amide bonds. The van der Waals surface area contributed by atoms with Gasteiger partial charge in [0.05, 0.1) is 11.8 Å². The molecule has 1 saturated heterocycles. The number of hydrogen-bond donors (Lipinski definition) is 1. The minimum absolute atomic E-state index is 0.0791. The number of benzene rings is 1. The van der Waals surface area contributed by atoms with Crippen molar-refractivity contribution in [1.29, 1.82) is 0 Å². The van der Waals surface area contributed by atoms with Crippen LogP contribution in [-0.2, 0) is 9.59 Å². The molecule has 6 heteroatoms. The highest BCUT2D eigenvalue weighted by molar-refractivity contribution is 5.84. The molecule has 0 aromatic heterocycles. The Morgan fingerprint density at radius 1 is 1.29 bits per heavy atom. The Morgan fingerprint density at radius 3 is 2.33 bits per heavy atom. The average Bonchev–Trinajstić information content (AvgIpc) is 2.79. The lowest BCUT2D eigenvalue weighted by Gasteiger charge is -2.21. The molecule has 1 unspecified atom stereocenters. The molecular formula is C15H17F2NO3. The number of likely N-dealkylation sites (tertiary alicyclic amines) is 1. The summed E-state index contributed by atoms with van der Waals surface area (Å²) < 4.78 is 27.4. The van der Waals surface area contributed by atoms with Crippen LogP contribution < -0.4 is 0 Å². The van der Waals surface area contributed by atoms with E-state index in [0.29, 0.717) is 0 Å². The van der Waals surface area contributed by atoms with E-state index in [0.717, 1.165) is 12.1 Å². The first-order valence-corrected chi connectivity index (χ1v) is 6.78. The van der Waals surface area contributed by atoms with E-state index in [1.807, 2.05) is 0 Å². The summed E-state index contributed by atoms with van der Waals surface area (Å²) in [7, 11) is 0. The summed E-state index contributed by atoms with van der Waals surface area (Å²) in [6.07, 6.45) is 0. The second-order valence-corrected chi connectivity index (χ2v) is 5.52. The number of hydrogen-bond acceptors (Lipinski definition) is 2. The summed E-state index contributed by atoms with van der Waals surface area (Å²) in [6.45, 7) is 3.55. The van der Waals surface area contributed by atoms with Gasteiger partial charge in [-0.25, -0.2) is 8.78 Å². The summed E-state index contributed by atoms with van der Waals surface area (Å²) in [6, 6.07) is 3.45. The molecule has 0 saturated carbocycles. The first kappa shape index (κ1) is 15.4. The molecular weight excluding hydrogens is 280 g/mol. The van der Waals surface area contributed by atoms with Crippen LogP contribution in [0.5, 0.6) is 0 Å². The quantitative estimate of drug-likeness (QED) is 0.931. The number of nitrogens with zero attached hydrogens (tertiary/aromatic N) is 1. The third-order valence-corrected chi connectivity index (χ3v) is 4.04. The van der Waals surface area contributed by atoms with Crippen LogP contribution in [0.2, 0.25) is 0 Å². The molecule has 0 bridgehead atoms. The van der Waals surface area contributed by atoms with E-state index in [9.17, 15) is 18.4 Å². The van der Waals surface area contributed by atoms with Crippen LogP contribution in [0.1, 0.15) is 25.3 Å². The van der Waals surface area contributed by atoms with Gasteiger partial charge in [0.25, 0.3) is 0 Å². The van der Waals surface area contributed by atoms with E-state index in [1.165, 1.54) is 17.9 Å². The number of aliphatic carboxylic acids is 1. The van der Waals surface area contributed by atoms with E-state index in [1.54, 1.807) is 6.92 Å². The number of carbonyl (C=O) groups is 2. The van der Waals surface area contributed by atoms with Crippen LogP contribution in [0.15, 0.2) is 18.2 Å². The number of amides is 1. The number of carboxylic acids is 1. The van der Waals surface area contributed by atoms with Gasteiger partial charge < -0.3 is 10.0 Å².